The number of nitrogens with one attached hydrogen (secondary N) is 1. The second-order valence-corrected chi connectivity index (χ2v) is 9.04. The first-order valence-corrected chi connectivity index (χ1v) is 11.3. The third-order valence-electron chi connectivity index (χ3n) is 4.95. The summed E-state index contributed by atoms with van der Waals surface area (Å²) < 4.78 is 45.0. The van der Waals surface area contributed by atoms with Crippen LogP contribution in [-0.2, 0) is 10.0 Å². The zero-order chi connectivity index (χ0) is 22.0. The molecule has 0 saturated heterocycles. The third kappa shape index (κ3) is 4.51. The summed E-state index contributed by atoms with van der Waals surface area (Å²) in [4.78, 5) is 13.0. The molecule has 2 aromatic carbocycles. The molecular formula is C22H20FN3O4S. The Morgan fingerprint density at radius 2 is 1.97 bits per heavy atom. The van der Waals surface area contributed by atoms with Crippen molar-refractivity contribution in [2.45, 2.75) is 19.4 Å². The number of hydrogen-bond acceptors (Lipinski definition) is 5. The largest absolute Gasteiger partial charge is 0.459 e. The van der Waals surface area contributed by atoms with E-state index in [1.54, 1.807) is 55.5 Å². The Labute approximate surface area is 179 Å². The molecule has 2 heterocycles. The van der Waals surface area contributed by atoms with Crippen LogP contribution in [0.15, 0.2) is 76.4 Å². The summed E-state index contributed by atoms with van der Waals surface area (Å²) in [5, 5.41) is 5.85. The number of nitrogens with zero attached hydrogens (tertiary/aromatic N) is 2. The maximum absolute atomic E-state index is 13.4. The molecule has 9 heteroatoms. The molecule has 1 aliphatic rings. The number of hydrogen-bond donors (Lipinski definition) is 1. The van der Waals surface area contributed by atoms with Crippen LogP contribution < -0.4 is 4.72 Å². The van der Waals surface area contributed by atoms with E-state index in [-0.39, 0.29) is 17.3 Å². The minimum Gasteiger partial charge on any atom is -0.459 e. The highest BCUT2D eigenvalue weighted by Crippen LogP contribution is 2.34. The van der Waals surface area contributed by atoms with Crippen LogP contribution in [0.5, 0.6) is 0 Å². The summed E-state index contributed by atoms with van der Waals surface area (Å²) in [6.45, 7) is 1.55. The molecule has 3 aromatic rings. The summed E-state index contributed by atoms with van der Waals surface area (Å²) in [7, 11) is -3.43. The number of halogens is 1. The van der Waals surface area contributed by atoms with Crippen molar-refractivity contribution in [2.75, 3.05) is 10.5 Å². The fourth-order valence-electron chi connectivity index (χ4n) is 3.34. The molecule has 0 saturated carbocycles. The van der Waals surface area contributed by atoms with Gasteiger partial charge in [-0.3, -0.25) is 9.52 Å². The number of carbonyl (C=O) groups is 1. The fourth-order valence-corrected chi connectivity index (χ4v) is 3.97. The van der Waals surface area contributed by atoms with Crippen LogP contribution in [0.25, 0.3) is 0 Å². The van der Waals surface area contributed by atoms with Gasteiger partial charge in [-0.05, 0) is 54.4 Å². The molecule has 0 spiro atoms. The average Bonchev–Trinajstić information content (AvgIpc) is 3.44. The minimum absolute atomic E-state index is 0.0454. The molecule has 31 heavy (non-hydrogen) atoms. The quantitative estimate of drug-likeness (QED) is 0.621. The van der Waals surface area contributed by atoms with Gasteiger partial charge >= 0.3 is 5.91 Å². The third-order valence-corrected chi connectivity index (χ3v) is 6.26. The van der Waals surface area contributed by atoms with Crippen molar-refractivity contribution < 1.29 is 22.0 Å². The van der Waals surface area contributed by atoms with Gasteiger partial charge in [-0.15, -0.1) is 0 Å². The van der Waals surface area contributed by atoms with E-state index in [1.165, 1.54) is 23.4 Å². The summed E-state index contributed by atoms with van der Waals surface area (Å²) in [6.07, 6.45) is 1.78. The van der Waals surface area contributed by atoms with E-state index in [9.17, 15) is 17.6 Å². The van der Waals surface area contributed by atoms with Crippen LogP contribution in [0.2, 0.25) is 0 Å². The first-order valence-electron chi connectivity index (χ1n) is 9.67. The van der Waals surface area contributed by atoms with Crippen molar-refractivity contribution in [1.29, 1.82) is 0 Å². The van der Waals surface area contributed by atoms with Crippen molar-refractivity contribution in [2.24, 2.45) is 5.10 Å². The van der Waals surface area contributed by atoms with Gasteiger partial charge in [0, 0.05) is 12.1 Å². The maximum atomic E-state index is 13.4. The van der Waals surface area contributed by atoms with E-state index in [2.05, 4.69) is 9.82 Å². The predicted molar refractivity (Wildman–Crippen MR) is 115 cm³/mol. The Morgan fingerprint density at radius 1 is 1.19 bits per heavy atom. The molecule has 1 aliphatic heterocycles. The number of carbonyl (C=O) groups excluding carboxylic acids is 1. The van der Waals surface area contributed by atoms with Gasteiger partial charge < -0.3 is 4.42 Å². The fraction of sp³-hybridized carbons (Fsp3) is 0.182. The minimum atomic E-state index is -3.43. The summed E-state index contributed by atoms with van der Waals surface area (Å²) in [5.74, 6) is -0.697. The standard InChI is InChI=1S/C22H20FN3O4S/c1-2-31(28,29)25-18-6-3-5-16(13-18)19-14-20(15-8-10-17(23)11-9-15)26(24-19)22(27)21-7-4-12-30-21/h3-13,20,25H,2,14H2,1H3/t20-/m0/s1. The number of furan rings is 1. The van der Waals surface area contributed by atoms with Crippen LogP contribution in [0, 0.1) is 5.82 Å². The van der Waals surface area contributed by atoms with E-state index < -0.39 is 22.0 Å². The van der Waals surface area contributed by atoms with Gasteiger partial charge in [0.25, 0.3) is 0 Å². The molecule has 4 rings (SSSR count). The highest BCUT2D eigenvalue weighted by Gasteiger charge is 2.34. The zero-order valence-electron chi connectivity index (χ0n) is 16.7. The second-order valence-electron chi connectivity index (χ2n) is 7.03. The molecule has 160 valence electrons. The van der Waals surface area contributed by atoms with E-state index in [4.69, 9.17) is 4.42 Å². The molecule has 1 N–H and O–H groups in total. The Bertz CT molecular complexity index is 1220. The van der Waals surface area contributed by atoms with Crippen LogP contribution in [0.1, 0.15) is 41.1 Å². The smallest absolute Gasteiger partial charge is 0.310 e. The normalized spacial score (nSPS) is 16.3. The van der Waals surface area contributed by atoms with Crippen molar-refractivity contribution in [3.05, 3.63) is 89.6 Å². The van der Waals surface area contributed by atoms with Gasteiger partial charge in [-0.1, -0.05) is 24.3 Å². The number of hydrazone groups is 1. The van der Waals surface area contributed by atoms with Gasteiger partial charge in [0.2, 0.25) is 10.0 Å². The van der Waals surface area contributed by atoms with Crippen molar-refractivity contribution in [3.63, 3.8) is 0 Å². The molecule has 1 amide bonds. The topological polar surface area (TPSA) is 92.0 Å². The number of anilines is 1. The van der Waals surface area contributed by atoms with Gasteiger partial charge in [-0.25, -0.2) is 17.8 Å². The number of benzene rings is 2. The number of amides is 1. The van der Waals surface area contributed by atoms with Crippen LogP contribution in [0.4, 0.5) is 10.1 Å². The van der Waals surface area contributed by atoms with E-state index in [0.29, 0.717) is 23.4 Å². The zero-order valence-corrected chi connectivity index (χ0v) is 17.5. The SMILES string of the molecule is CCS(=O)(=O)Nc1cccc(C2=NN(C(=O)c3ccco3)[C@H](c3ccc(F)cc3)C2)c1. The molecule has 0 radical (unpaired) electrons. The van der Waals surface area contributed by atoms with Crippen LogP contribution >= 0.6 is 0 Å². The Hall–Kier alpha value is -3.46. The first kappa shape index (κ1) is 20.8. The Kier molecular flexibility index (Phi) is 5.60. The van der Waals surface area contributed by atoms with Crippen molar-refractivity contribution in [1.82, 2.24) is 5.01 Å². The summed E-state index contributed by atoms with van der Waals surface area (Å²) >= 11 is 0. The molecular weight excluding hydrogens is 421 g/mol. The number of sulfonamides is 1. The highest BCUT2D eigenvalue weighted by atomic mass is 32.2. The molecule has 1 aromatic heterocycles. The van der Waals surface area contributed by atoms with Gasteiger partial charge in [-0.2, -0.15) is 5.10 Å². The maximum Gasteiger partial charge on any atom is 0.310 e. The Morgan fingerprint density at radius 3 is 2.65 bits per heavy atom. The van der Waals surface area contributed by atoms with Gasteiger partial charge in [0.15, 0.2) is 5.76 Å². The first-order chi connectivity index (χ1) is 14.9. The molecule has 0 bridgehead atoms. The second kappa shape index (κ2) is 8.35. The number of rotatable bonds is 6. The lowest BCUT2D eigenvalue weighted by Crippen LogP contribution is -2.26. The molecule has 7 nitrogen and oxygen atoms in total. The van der Waals surface area contributed by atoms with E-state index in [0.717, 1.165) is 5.56 Å². The Balaban J connectivity index is 1.69. The molecule has 0 fully saturated rings. The lowest BCUT2D eigenvalue weighted by molar-refractivity contribution is 0.0678. The van der Waals surface area contributed by atoms with E-state index in [1.807, 2.05) is 0 Å². The highest BCUT2D eigenvalue weighted by molar-refractivity contribution is 7.92. The monoisotopic (exact) mass is 441 g/mol. The molecule has 1 atom stereocenters. The lowest BCUT2D eigenvalue weighted by Gasteiger charge is -2.21. The molecule has 0 aliphatic carbocycles. The van der Waals surface area contributed by atoms with Crippen LogP contribution in [0.3, 0.4) is 0 Å². The predicted octanol–water partition coefficient (Wildman–Crippen LogP) is 4.17. The molecule has 0 unspecified atom stereocenters. The van der Waals surface area contributed by atoms with Gasteiger partial charge in [0.05, 0.1) is 23.8 Å². The summed E-state index contributed by atoms with van der Waals surface area (Å²) in [5.41, 5.74) is 2.42. The van der Waals surface area contributed by atoms with Crippen LogP contribution in [-0.4, -0.2) is 30.8 Å². The average molecular weight is 441 g/mol. The van der Waals surface area contributed by atoms with Crippen molar-refractivity contribution >= 4 is 27.3 Å². The van der Waals surface area contributed by atoms with Crippen molar-refractivity contribution in [3.8, 4) is 0 Å². The summed E-state index contributed by atoms with van der Waals surface area (Å²) in [6, 6.07) is 15.5. The van der Waals surface area contributed by atoms with E-state index >= 15 is 0 Å². The van der Waals surface area contributed by atoms with Gasteiger partial charge in [0.1, 0.15) is 5.82 Å². The lowest BCUT2D eigenvalue weighted by atomic mass is 9.98.